The number of piperidine rings is 1. The molecule has 9 heteroatoms. The largest absolute Gasteiger partial charge is 0.481 e. The highest BCUT2D eigenvalue weighted by atomic mass is 16.6. The van der Waals surface area contributed by atoms with E-state index < -0.39 is 41.6 Å². The van der Waals surface area contributed by atoms with E-state index in [-0.39, 0.29) is 30.1 Å². The molecule has 2 aliphatic rings. The molecule has 0 radical (unpaired) electrons. The minimum absolute atomic E-state index is 0.00875. The number of carbonyl (C=O) groups excluding carboxylic acids is 3. The number of nitrogens with zero attached hydrogens (tertiary/aromatic N) is 1. The molecule has 2 rings (SSSR count). The van der Waals surface area contributed by atoms with Gasteiger partial charge in [0.2, 0.25) is 5.91 Å². The maximum atomic E-state index is 13.1. The van der Waals surface area contributed by atoms with Gasteiger partial charge >= 0.3 is 18.0 Å². The van der Waals surface area contributed by atoms with Crippen LogP contribution in [0.2, 0.25) is 0 Å². The average Bonchev–Trinajstić information content (AvgIpc) is 2.93. The van der Waals surface area contributed by atoms with Crippen molar-refractivity contribution in [1.82, 2.24) is 10.2 Å². The first kappa shape index (κ1) is 22.0. The molecule has 0 aromatic heterocycles. The summed E-state index contributed by atoms with van der Waals surface area (Å²) in [5.41, 5.74) is -0.830. The monoisotopic (exact) mass is 398 g/mol. The van der Waals surface area contributed by atoms with Crippen molar-refractivity contribution in [3.05, 3.63) is 0 Å². The Balaban J connectivity index is 2.17. The van der Waals surface area contributed by atoms with Crippen LogP contribution >= 0.6 is 0 Å². The molecular weight excluding hydrogens is 368 g/mol. The van der Waals surface area contributed by atoms with Crippen LogP contribution in [-0.4, -0.2) is 65.3 Å². The molecule has 9 nitrogen and oxygen atoms in total. The number of esters is 1. The number of fused-ring (bicyclic) bond motifs is 1. The van der Waals surface area contributed by atoms with E-state index in [9.17, 15) is 19.2 Å². The van der Waals surface area contributed by atoms with Crippen molar-refractivity contribution in [1.29, 1.82) is 0 Å². The Hall–Kier alpha value is -2.32. The molecule has 2 amide bonds. The van der Waals surface area contributed by atoms with Crippen molar-refractivity contribution < 1.29 is 33.8 Å². The molecule has 1 heterocycles. The van der Waals surface area contributed by atoms with Gasteiger partial charge in [0.05, 0.1) is 7.11 Å². The van der Waals surface area contributed by atoms with Crippen molar-refractivity contribution in [3.8, 4) is 0 Å². The zero-order chi connectivity index (χ0) is 21.4. The molecule has 0 unspecified atom stereocenters. The minimum atomic E-state index is -1.10. The molecule has 0 aromatic rings. The van der Waals surface area contributed by atoms with Crippen molar-refractivity contribution >= 4 is 23.9 Å². The van der Waals surface area contributed by atoms with Crippen LogP contribution in [0.25, 0.3) is 0 Å². The summed E-state index contributed by atoms with van der Waals surface area (Å²) in [6.45, 7) is 9.51. The van der Waals surface area contributed by atoms with Crippen LogP contribution in [0.15, 0.2) is 0 Å². The van der Waals surface area contributed by atoms with Crippen molar-refractivity contribution in [2.75, 3.05) is 13.7 Å². The van der Waals surface area contributed by atoms with Gasteiger partial charge in [0.25, 0.3) is 0 Å². The fourth-order valence-corrected chi connectivity index (χ4v) is 4.08. The fraction of sp³-hybridized carbons (Fsp3) is 0.789. The molecule has 158 valence electrons. The lowest BCUT2D eigenvalue weighted by Crippen LogP contribution is -2.54. The normalized spacial score (nSPS) is 26.1. The number of ether oxygens (including phenoxy) is 2. The molecule has 4 atom stereocenters. The quantitative estimate of drug-likeness (QED) is 0.649. The Labute approximate surface area is 164 Å². The van der Waals surface area contributed by atoms with Crippen LogP contribution < -0.4 is 5.32 Å². The molecule has 1 aliphatic carbocycles. The van der Waals surface area contributed by atoms with Crippen LogP contribution in [0.1, 0.15) is 47.5 Å². The lowest BCUT2D eigenvalue weighted by Gasteiger charge is -2.32. The number of carboxylic acids is 1. The molecule has 1 saturated heterocycles. The Bertz CT molecular complexity index is 668. The number of aliphatic carboxylic acids is 1. The van der Waals surface area contributed by atoms with Crippen LogP contribution in [0.5, 0.6) is 0 Å². The predicted octanol–water partition coefficient (Wildman–Crippen LogP) is 1.40. The number of nitrogens with one attached hydrogen (secondary N) is 1. The van der Waals surface area contributed by atoms with Crippen LogP contribution in [0.4, 0.5) is 4.79 Å². The lowest BCUT2D eigenvalue weighted by molar-refractivity contribution is -0.154. The van der Waals surface area contributed by atoms with Gasteiger partial charge in [-0.3, -0.25) is 9.59 Å². The standard InChI is InChI=1S/C19H30N2O7/c1-18(2,3)28-17(26)20-11(7-8-12(22)23)15(24)21-9-10-13(19(10,4)5)14(21)16(25)27-6/h10-11,13-14H,7-9H2,1-6H3,(H,20,26)(H,22,23)/t10-,11-,13-,14-/m0/s1. The smallest absolute Gasteiger partial charge is 0.408 e. The summed E-state index contributed by atoms with van der Waals surface area (Å²) in [4.78, 5) is 50.0. The summed E-state index contributed by atoms with van der Waals surface area (Å²) < 4.78 is 10.1. The van der Waals surface area contributed by atoms with Gasteiger partial charge in [-0.15, -0.1) is 0 Å². The molecule has 1 saturated carbocycles. The predicted molar refractivity (Wildman–Crippen MR) is 98.3 cm³/mol. The number of hydrogen-bond donors (Lipinski definition) is 2. The third-order valence-electron chi connectivity index (χ3n) is 5.57. The number of amides is 2. The van der Waals surface area contributed by atoms with E-state index in [1.54, 1.807) is 20.8 Å². The summed E-state index contributed by atoms with van der Waals surface area (Å²) in [6, 6.07) is -1.83. The average molecular weight is 398 g/mol. The Morgan fingerprint density at radius 2 is 1.86 bits per heavy atom. The molecule has 2 fully saturated rings. The van der Waals surface area contributed by atoms with E-state index >= 15 is 0 Å². The molecule has 0 bridgehead atoms. The number of likely N-dealkylation sites (tertiary alicyclic amines) is 1. The first-order chi connectivity index (χ1) is 12.8. The molecule has 28 heavy (non-hydrogen) atoms. The first-order valence-corrected chi connectivity index (χ1v) is 9.39. The number of carboxylic acid groups (broad SMARTS) is 1. The van der Waals surface area contributed by atoms with Gasteiger partial charge in [0.1, 0.15) is 17.7 Å². The summed E-state index contributed by atoms with van der Waals surface area (Å²) in [5.74, 6) is -1.92. The first-order valence-electron chi connectivity index (χ1n) is 9.39. The Morgan fingerprint density at radius 1 is 1.25 bits per heavy atom. The van der Waals surface area contributed by atoms with Crippen LogP contribution in [-0.2, 0) is 23.9 Å². The van der Waals surface area contributed by atoms with Gasteiger partial charge in [-0.25, -0.2) is 9.59 Å². The van der Waals surface area contributed by atoms with E-state index in [0.29, 0.717) is 6.54 Å². The van der Waals surface area contributed by atoms with Crippen molar-refractivity contribution in [3.63, 3.8) is 0 Å². The van der Waals surface area contributed by atoms with Crippen LogP contribution in [0.3, 0.4) is 0 Å². The Kier molecular flexibility index (Phi) is 5.96. The summed E-state index contributed by atoms with van der Waals surface area (Å²) >= 11 is 0. The number of rotatable bonds is 6. The van der Waals surface area contributed by atoms with Gasteiger partial charge in [0.15, 0.2) is 0 Å². The second-order valence-corrected chi connectivity index (χ2v) is 9.04. The van der Waals surface area contributed by atoms with Gasteiger partial charge in [-0.05, 0) is 38.5 Å². The maximum absolute atomic E-state index is 13.1. The number of methoxy groups -OCH3 is 1. The molecule has 1 aliphatic heterocycles. The van der Waals surface area contributed by atoms with E-state index in [0.717, 1.165) is 0 Å². The van der Waals surface area contributed by atoms with Crippen molar-refractivity contribution in [2.45, 2.75) is 65.1 Å². The van der Waals surface area contributed by atoms with E-state index in [1.165, 1.54) is 12.0 Å². The fourth-order valence-electron chi connectivity index (χ4n) is 4.08. The highest BCUT2D eigenvalue weighted by Crippen LogP contribution is 2.65. The van der Waals surface area contributed by atoms with Gasteiger partial charge in [-0.2, -0.15) is 0 Å². The molecular formula is C19H30N2O7. The third kappa shape index (κ3) is 4.56. The zero-order valence-electron chi connectivity index (χ0n) is 17.3. The highest BCUT2D eigenvalue weighted by Gasteiger charge is 2.70. The second-order valence-electron chi connectivity index (χ2n) is 9.04. The molecule has 2 N–H and O–H groups in total. The van der Waals surface area contributed by atoms with Gasteiger partial charge in [-0.1, -0.05) is 13.8 Å². The van der Waals surface area contributed by atoms with Gasteiger partial charge < -0.3 is 24.8 Å². The molecule has 0 aromatic carbocycles. The third-order valence-corrected chi connectivity index (χ3v) is 5.57. The minimum Gasteiger partial charge on any atom is -0.481 e. The van der Waals surface area contributed by atoms with Crippen LogP contribution in [0, 0.1) is 17.3 Å². The van der Waals surface area contributed by atoms with Gasteiger partial charge in [0, 0.05) is 18.9 Å². The van der Waals surface area contributed by atoms with Crippen molar-refractivity contribution in [2.24, 2.45) is 17.3 Å². The highest BCUT2D eigenvalue weighted by molar-refractivity contribution is 5.91. The Morgan fingerprint density at radius 3 is 2.36 bits per heavy atom. The summed E-state index contributed by atoms with van der Waals surface area (Å²) in [5, 5.41) is 11.4. The SMILES string of the molecule is COC(=O)[C@@H]1[C@@H]2[C@H](CN1C(=O)[C@H](CCC(=O)O)NC(=O)OC(C)(C)C)C2(C)C. The van der Waals surface area contributed by atoms with E-state index in [1.807, 2.05) is 13.8 Å². The topological polar surface area (TPSA) is 122 Å². The summed E-state index contributed by atoms with van der Waals surface area (Å²) in [6.07, 6.45) is -1.21. The number of hydrogen-bond acceptors (Lipinski definition) is 6. The molecule has 0 spiro atoms. The number of carbonyl (C=O) groups is 4. The summed E-state index contributed by atoms with van der Waals surface area (Å²) in [7, 11) is 1.27. The zero-order valence-corrected chi connectivity index (χ0v) is 17.3. The second kappa shape index (κ2) is 7.60. The maximum Gasteiger partial charge on any atom is 0.408 e. The number of alkyl carbamates (subject to hydrolysis) is 1. The van der Waals surface area contributed by atoms with E-state index in [4.69, 9.17) is 14.6 Å². The van der Waals surface area contributed by atoms with E-state index in [2.05, 4.69) is 5.32 Å². The lowest BCUT2D eigenvalue weighted by atomic mass is 9.99.